The van der Waals surface area contributed by atoms with E-state index in [1.54, 1.807) is 17.0 Å². The number of hydrogen-bond donors (Lipinski definition) is 1. The Kier molecular flexibility index (Phi) is 4.26. The SMILES string of the molecule is Nc1ccc2c(c1)N(CCCN1CCOCC1)C(=O)CO2. The Bertz CT molecular complexity index is 515. The van der Waals surface area contributed by atoms with Gasteiger partial charge in [0.25, 0.3) is 5.91 Å². The van der Waals surface area contributed by atoms with Crippen LogP contribution in [0.1, 0.15) is 6.42 Å². The minimum Gasteiger partial charge on any atom is -0.482 e. The molecule has 114 valence electrons. The standard InChI is InChI=1S/C15H21N3O3/c16-12-2-3-14-13(10-12)18(15(19)11-21-14)5-1-4-17-6-8-20-9-7-17/h2-3,10H,1,4-9,11,16H2. The number of carbonyl (C=O) groups excluding carboxylic acids is 1. The van der Waals surface area contributed by atoms with Crippen molar-refractivity contribution in [3.05, 3.63) is 18.2 Å². The molecule has 0 radical (unpaired) electrons. The van der Waals surface area contributed by atoms with Crippen LogP contribution >= 0.6 is 0 Å². The number of anilines is 2. The lowest BCUT2D eigenvalue weighted by atomic mass is 10.2. The fourth-order valence-corrected chi connectivity index (χ4v) is 2.74. The van der Waals surface area contributed by atoms with Crippen molar-refractivity contribution in [1.82, 2.24) is 4.90 Å². The van der Waals surface area contributed by atoms with Crippen molar-refractivity contribution in [2.24, 2.45) is 0 Å². The first-order valence-electron chi connectivity index (χ1n) is 7.37. The van der Waals surface area contributed by atoms with Gasteiger partial charge in [-0.15, -0.1) is 0 Å². The number of rotatable bonds is 4. The summed E-state index contributed by atoms with van der Waals surface area (Å²) in [4.78, 5) is 16.2. The van der Waals surface area contributed by atoms with Crippen LogP contribution < -0.4 is 15.4 Å². The smallest absolute Gasteiger partial charge is 0.265 e. The highest BCUT2D eigenvalue weighted by Crippen LogP contribution is 2.33. The maximum Gasteiger partial charge on any atom is 0.265 e. The number of nitrogens with zero attached hydrogens (tertiary/aromatic N) is 2. The zero-order valence-corrected chi connectivity index (χ0v) is 12.1. The first kappa shape index (κ1) is 14.2. The van der Waals surface area contributed by atoms with Gasteiger partial charge in [0.15, 0.2) is 6.61 Å². The van der Waals surface area contributed by atoms with Gasteiger partial charge in [0.2, 0.25) is 0 Å². The second kappa shape index (κ2) is 6.32. The van der Waals surface area contributed by atoms with Gasteiger partial charge in [-0.3, -0.25) is 9.69 Å². The quantitative estimate of drug-likeness (QED) is 0.828. The number of amides is 1. The van der Waals surface area contributed by atoms with Crippen molar-refractivity contribution in [1.29, 1.82) is 0 Å². The number of hydrogen-bond acceptors (Lipinski definition) is 5. The minimum atomic E-state index is -0.00456. The van der Waals surface area contributed by atoms with Crippen LogP contribution in [0, 0.1) is 0 Å². The molecule has 2 aliphatic heterocycles. The molecule has 0 bridgehead atoms. The molecule has 1 saturated heterocycles. The third-order valence-electron chi connectivity index (χ3n) is 3.89. The van der Waals surface area contributed by atoms with Crippen molar-refractivity contribution >= 4 is 17.3 Å². The van der Waals surface area contributed by atoms with Crippen LogP contribution in [0.25, 0.3) is 0 Å². The lowest BCUT2D eigenvalue weighted by molar-refractivity contribution is -0.121. The molecule has 0 unspecified atom stereocenters. The summed E-state index contributed by atoms with van der Waals surface area (Å²) in [5.41, 5.74) is 7.25. The molecule has 0 aromatic heterocycles. The molecule has 0 aliphatic carbocycles. The summed E-state index contributed by atoms with van der Waals surface area (Å²) < 4.78 is 10.8. The van der Waals surface area contributed by atoms with Crippen LogP contribution in [-0.2, 0) is 9.53 Å². The van der Waals surface area contributed by atoms with E-state index in [2.05, 4.69) is 4.90 Å². The Balaban J connectivity index is 1.61. The fourth-order valence-electron chi connectivity index (χ4n) is 2.74. The fraction of sp³-hybridized carbons (Fsp3) is 0.533. The monoisotopic (exact) mass is 291 g/mol. The number of ether oxygens (including phenoxy) is 2. The van der Waals surface area contributed by atoms with Crippen molar-refractivity contribution in [3.8, 4) is 5.75 Å². The molecule has 1 amide bonds. The molecule has 21 heavy (non-hydrogen) atoms. The molecule has 1 fully saturated rings. The van der Waals surface area contributed by atoms with Gasteiger partial charge in [-0.25, -0.2) is 0 Å². The summed E-state index contributed by atoms with van der Waals surface area (Å²) in [6, 6.07) is 5.42. The van der Waals surface area contributed by atoms with Gasteiger partial charge in [-0.2, -0.15) is 0 Å². The maximum absolute atomic E-state index is 12.1. The Labute approximate surface area is 124 Å². The number of fused-ring (bicyclic) bond motifs is 1. The maximum atomic E-state index is 12.1. The van der Waals surface area contributed by atoms with Gasteiger partial charge >= 0.3 is 0 Å². The van der Waals surface area contributed by atoms with E-state index in [4.69, 9.17) is 15.2 Å². The topological polar surface area (TPSA) is 68.0 Å². The predicted molar refractivity (Wildman–Crippen MR) is 80.6 cm³/mol. The third kappa shape index (κ3) is 3.28. The second-order valence-electron chi connectivity index (χ2n) is 5.37. The van der Waals surface area contributed by atoms with Gasteiger partial charge < -0.3 is 20.1 Å². The first-order chi connectivity index (χ1) is 10.2. The van der Waals surface area contributed by atoms with E-state index in [1.807, 2.05) is 6.07 Å². The molecule has 0 spiro atoms. The van der Waals surface area contributed by atoms with Crippen LogP contribution in [0.4, 0.5) is 11.4 Å². The van der Waals surface area contributed by atoms with E-state index in [-0.39, 0.29) is 12.5 Å². The van der Waals surface area contributed by atoms with Crippen LogP contribution in [0.15, 0.2) is 18.2 Å². The van der Waals surface area contributed by atoms with Crippen molar-refractivity contribution < 1.29 is 14.3 Å². The molecule has 0 saturated carbocycles. The van der Waals surface area contributed by atoms with Crippen LogP contribution in [-0.4, -0.2) is 56.8 Å². The predicted octanol–water partition coefficient (Wildman–Crippen LogP) is 0.717. The molecule has 2 N–H and O–H groups in total. The zero-order chi connectivity index (χ0) is 14.7. The Morgan fingerprint density at radius 2 is 2.00 bits per heavy atom. The Morgan fingerprint density at radius 1 is 1.19 bits per heavy atom. The molecule has 2 heterocycles. The van der Waals surface area contributed by atoms with Crippen LogP contribution in [0.5, 0.6) is 5.75 Å². The van der Waals surface area contributed by atoms with E-state index >= 15 is 0 Å². The minimum absolute atomic E-state index is 0.00456. The summed E-state index contributed by atoms with van der Waals surface area (Å²) in [7, 11) is 0. The molecular formula is C15H21N3O3. The third-order valence-corrected chi connectivity index (χ3v) is 3.89. The molecule has 2 aliphatic rings. The van der Waals surface area contributed by atoms with Crippen molar-refractivity contribution in [2.45, 2.75) is 6.42 Å². The summed E-state index contributed by atoms with van der Waals surface area (Å²) in [5.74, 6) is 0.727. The van der Waals surface area contributed by atoms with E-state index < -0.39 is 0 Å². The highest BCUT2D eigenvalue weighted by Gasteiger charge is 2.25. The van der Waals surface area contributed by atoms with Crippen molar-refractivity contribution in [2.75, 3.05) is 56.6 Å². The molecule has 1 aromatic rings. The first-order valence-corrected chi connectivity index (χ1v) is 7.37. The summed E-state index contributed by atoms with van der Waals surface area (Å²) >= 11 is 0. The summed E-state index contributed by atoms with van der Waals surface area (Å²) in [6.45, 7) is 5.32. The van der Waals surface area contributed by atoms with E-state index in [0.717, 1.165) is 50.7 Å². The Morgan fingerprint density at radius 3 is 2.81 bits per heavy atom. The van der Waals surface area contributed by atoms with Crippen LogP contribution in [0.2, 0.25) is 0 Å². The lowest BCUT2D eigenvalue weighted by Crippen LogP contribution is -2.42. The van der Waals surface area contributed by atoms with E-state index in [0.29, 0.717) is 12.2 Å². The molecular weight excluding hydrogens is 270 g/mol. The number of benzene rings is 1. The van der Waals surface area contributed by atoms with Gasteiger partial charge in [0.1, 0.15) is 5.75 Å². The van der Waals surface area contributed by atoms with Gasteiger partial charge in [0, 0.05) is 31.9 Å². The molecule has 1 aromatic carbocycles. The zero-order valence-electron chi connectivity index (χ0n) is 12.1. The normalized spacial score (nSPS) is 19.2. The molecule has 6 nitrogen and oxygen atoms in total. The Hall–Kier alpha value is -1.79. The lowest BCUT2D eigenvalue weighted by Gasteiger charge is -2.31. The van der Waals surface area contributed by atoms with Crippen molar-refractivity contribution in [3.63, 3.8) is 0 Å². The van der Waals surface area contributed by atoms with E-state index in [9.17, 15) is 4.79 Å². The molecule has 6 heteroatoms. The molecule has 0 atom stereocenters. The highest BCUT2D eigenvalue weighted by molar-refractivity contribution is 5.98. The van der Waals surface area contributed by atoms with Gasteiger partial charge in [0.05, 0.1) is 18.9 Å². The number of carbonyl (C=O) groups is 1. The van der Waals surface area contributed by atoms with Crippen LogP contribution in [0.3, 0.4) is 0 Å². The van der Waals surface area contributed by atoms with Gasteiger partial charge in [-0.1, -0.05) is 0 Å². The number of morpholine rings is 1. The van der Waals surface area contributed by atoms with E-state index in [1.165, 1.54) is 0 Å². The average molecular weight is 291 g/mol. The number of nitrogens with two attached hydrogens (primary N) is 1. The van der Waals surface area contributed by atoms with Gasteiger partial charge in [-0.05, 0) is 24.6 Å². The molecule has 3 rings (SSSR count). The number of nitrogen functional groups attached to an aromatic ring is 1. The summed E-state index contributed by atoms with van der Waals surface area (Å²) in [6.07, 6.45) is 0.931. The average Bonchev–Trinajstić information content (AvgIpc) is 2.50. The second-order valence-corrected chi connectivity index (χ2v) is 5.37. The summed E-state index contributed by atoms with van der Waals surface area (Å²) in [5, 5.41) is 0. The highest BCUT2D eigenvalue weighted by atomic mass is 16.5. The largest absolute Gasteiger partial charge is 0.482 e.